The fraction of sp³-hybridized carbons (Fsp3) is 0.697. The monoisotopic (exact) mass is 632 g/mol. The molecule has 3 fully saturated rings. The molecule has 3 aliphatic rings. The van der Waals surface area contributed by atoms with Crippen LogP contribution in [0, 0.1) is 17.7 Å². The molecule has 12 heteroatoms. The topological polar surface area (TPSA) is 127 Å². The van der Waals surface area contributed by atoms with E-state index in [2.05, 4.69) is 10.6 Å². The Bertz CT molecular complexity index is 1230. The molecule has 11 nitrogen and oxygen atoms in total. The van der Waals surface area contributed by atoms with E-state index in [1.54, 1.807) is 33.9 Å². The van der Waals surface area contributed by atoms with Gasteiger partial charge in [0.2, 0.25) is 17.7 Å². The van der Waals surface area contributed by atoms with Gasteiger partial charge in [-0.05, 0) is 77.3 Å². The Kier molecular flexibility index (Phi) is 11.7. The zero-order chi connectivity index (χ0) is 32.7. The number of methoxy groups -OCH3 is 1. The second kappa shape index (κ2) is 15.2. The first-order chi connectivity index (χ1) is 21.4. The second-order valence-corrected chi connectivity index (χ2v) is 13.3. The first-order valence-corrected chi connectivity index (χ1v) is 16.2. The maximum absolute atomic E-state index is 15.7. The highest BCUT2D eigenvalue weighted by Crippen LogP contribution is 2.39. The van der Waals surface area contributed by atoms with Gasteiger partial charge in [0.1, 0.15) is 23.2 Å². The van der Waals surface area contributed by atoms with E-state index in [4.69, 9.17) is 14.2 Å². The molecule has 2 aliphatic heterocycles. The van der Waals surface area contributed by atoms with E-state index in [9.17, 15) is 19.2 Å². The summed E-state index contributed by atoms with van der Waals surface area (Å²) in [6.45, 7) is 8.70. The molecule has 2 N–H and O–H groups in total. The molecular formula is C33H49FN4O7. The summed E-state index contributed by atoms with van der Waals surface area (Å²) in [7, 11) is 1.62. The lowest BCUT2D eigenvalue weighted by Crippen LogP contribution is -2.55. The number of nitrogens with zero attached hydrogens (tertiary/aromatic N) is 2. The van der Waals surface area contributed by atoms with Crippen LogP contribution in [-0.4, -0.2) is 86.4 Å². The van der Waals surface area contributed by atoms with E-state index in [1.807, 2.05) is 6.92 Å². The zero-order valence-corrected chi connectivity index (χ0v) is 27.3. The van der Waals surface area contributed by atoms with E-state index < -0.39 is 41.3 Å². The smallest absolute Gasteiger partial charge is 0.410 e. The highest BCUT2D eigenvalue weighted by molar-refractivity contribution is 5.98. The summed E-state index contributed by atoms with van der Waals surface area (Å²) in [6.07, 6.45) is 4.30. The van der Waals surface area contributed by atoms with Crippen LogP contribution in [0.1, 0.15) is 78.2 Å². The van der Waals surface area contributed by atoms with Crippen LogP contribution in [-0.2, 0) is 30.3 Å². The molecule has 45 heavy (non-hydrogen) atoms. The number of carbonyl (C=O) groups is 4. The van der Waals surface area contributed by atoms with Crippen molar-refractivity contribution < 1.29 is 37.8 Å². The summed E-state index contributed by atoms with van der Waals surface area (Å²) in [5.41, 5.74) is 0.0468. The molecule has 0 aromatic heterocycles. The third-order valence-corrected chi connectivity index (χ3v) is 8.34. The number of carbonyl (C=O) groups excluding carboxylic acids is 4. The Hall–Kier alpha value is -3.41. The Morgan fingerprint density at radius 3 is 2.49 bits per heavy atom. The standard InChI is InChI=1S/C33H49FN4O7/c1-6-21-17-25(34)27(18-28(21)44-15-9-14-43-5)38(24-11-12-24)31(41)23-16-22(19-37(20-23)32(42)45-33(2,3)4)29(39)36-26-10-7-8-13-35-30(26)40/h17-18,22-24,26H,6-16,19-20H2,1-5H3,(H,35,40)(H,36,39)/t22-,23+,26?/m0/s1. The van der Waals surface area contributed by atoms with Crippen molar-refractivity contribution in [2.75, 3.05) is 44.9 Å². The van der Waals surface area contributed by atoms with E-state index in [0.717, 1.165) is 12.8 Å². The van der Waals surface area contributed by atoms with Crippen molar-refractivity contribution in [3.05, 3.63) is 23.5 Å². The lowest BCUT2D eigenvalue weighted by atomic mass is 9.87. The van der Waals surface area contributed by atoms with Gasteiger partial charge >= 0.3 is 6.09 Å². The predicted octanol–water partition coefficient (Wildman–Crippen LogP) is 3.96. The molecule has 1 aliphatic carbocycles. The molecule has 4 rings (SSSR count). The predicted molar refractivity (Wildman–Crippen MR) is 166 cm³/mol. The normalized spacial score (nSPS) is 22.2. The number of hydrogen-bond donors (Lipinski definition) is 2. The summed E-state index contributed by atoms with van der Waals surface area (Å²) in [4.78, 5) is 56.6. The van der Waals surface area contributed by atoms with Gasteiger partial charge in [-0.2, -0.15) is 0 Å². The fourth-order valence-electron chi connectivity index (χ4n) is 5.90. The van der Waals surface area contributed by atoms with E-state index in [-0.39, 0.29) is 43.1 Å². The zero-order valence-electron chi connectivity index (χ0n) is 27.3. The molecule has 1 aromatic carbocycles. The van der Waals surface area contributed by atoms with Gasteiger partial charge in [0, 0.05) is 51.9 Å². The van der Waals surface area contributed by atoms with Crippen molar-refractivity contribution in [2.24, 2.45) is 11.8 Å². The highest BCUT2D eigenvalue weighted by atomic mass is 19.1. The number of amides is 4. The minimum Gasteiger partial charge on any atom is -0.493 e. The number of anilines is 1. The number of ether oxygens (including phenoxy) is 3. The molecular weight excluding hydrogens is 583 g/mol. The van der Waals surface area contributed by atoms with Gasteiger partial charge in [-0.25, -0.2) is 9.18 Å². The van der Waals surface area contributed by atoms with Crippen molar-refractivity contribution >= 4 is 29.5 Å². The summed E-state index contributed by atoms with van der Waals surface area (Å²) < 4.78 is 32.4. The van der Waals surface area contributed by atoms with Crippen molar-refractivity contribution in [1.29, 1.82) is 0 Å². The molecule has 2 heterocycles. The minimum absolute atomic E-state index is 0.0275. The summed E-state index contributed by atoms with van der Waals surface area (Å²) >= 11 is 0. The quantitative estimate of drug-likeness (QED) is 0.354. The van der Waals surface area contributed by atoms with Crippen molar-refractivity contribution in [1.82, 2.24) is 15.5 Å². The van der Waals surface area contributed by atoms with Gasteiger partial charge in [-0.3, -0.25) is 14.4 Å². The lowest BCUT2D eigenvalue weighted by Gasteiger charge is -2.39. The maximum atomic E-state index is 15.7. The number of rotatable bonds is 11. The molecule has 1 saturated carbocycles. The number of likely N-dealkylation sites (tertiary alicyclic amines) is 1. The third kappa shape index (κ3) is 9.31. The van der Waals surface area contributed by atoms with Gasteiger partial charge in [0.05, 0.1) is 24.1 Å². The van der Waals surface area contributed by atoms with Crippen LogP contribution in [0.5, 0.6) is 5.75 Å². The molecule has 1 unspecified atom stereocenters. The first-order valence-electron chi connectivity index (χ1n) is 16.2. The van der Waals surface area contributed by atoms with Gasteiger partial charge in [0.15, 0.2) is 0 Å². The summed E-state index contributed by atoms with van der Waals surface area (Å²) in [5, 5.41) is 5.68. The highest BCUT2D eigenvalue weighted by Gasteiger charge is 2.44. The molecule has 4 amide bonds. The number of benzene rings is 1. The van der Waals surface area contributed by atoms with Crippen molar-refractivity contribution in [3.63, 3.8) is 0 Å². The van der Waals surface area contributed by atoms with E-state index in [1.165, 1.54) is 15.9 Å². The van der Waals surface area contributed by atoms with Gasteiger partial charge in [0.25, 0.3) is 0 Å². The molecule has 0 radical (unpaired) electrons. The Morgan fingerprint density at radius 2 is 1.82 bits per heavy atom. The number of piperidine rings is 1. The largest absolute Gasteiger partial charge is 0.493 e. The van der Waals surface area contributed by atoms with E-state index in [0.29, 0.717) is 63.2 Å². The number of hydrogen-bond acceptors (Lipinski definition) is 7. The van der Waals surface area contributed by atoms with Gasteiger partial charge < -0.3 is 34.6 Å². The lowest BCUT2D eigenvalue weighted by molar-refractivity contribution is -0.134. The molecule has 0 bridgehead atoms. The van der Waals surface area contributed by atoms with Crippen LogP contribution < -0.4 is 20.3 Å². The van der Waals surface area contributed by atoms with E-state index >= 15 is 4.39 Å². The van der Waals surface area contributed by atoms with Crippen LogP contribution >= 0.6 is 0 Å². The fourth-order valence-corrected chi connectivity index (χ4v) is 5.90. The first kappa shape index (κ1) is 34.5. The van der Waals surface area contributed by atoms with Crippen LogP contribution in [0.2, 0.25) is 0 Å². The molecule has 2 saturated heterocycles. The maximum Gasteiger partial charge on any atom is 0.410 e. The average molecular weight is 633 g/mol. The summed E-state index contributed by atoms with van der Waals surface area (Å²) in [6, 6.07) is 2.15. The Morgan fingerprint density at radius 1 is 1.09 bits per heavy atom. The summed E-state index contributed by atoms with van der Waals surface area (Å²) in [5.74, 6) is -2.55. The van der Waals surface area contributed by atoms with Gasteiger partial charge in [-0.15, -0.1) is 0 Å². The van der Waals surface area contributed by atoms with Crippen molar-refractivity contribution in [3.8, 4) is 5.75 Å². The average Bonchev–Trinajstić information content (AvgIpc) is 3.85. The Balaban J connectivity index is 1.60. The number of halogens is 1. The second-order valence-electron chi connectivity index (χ2n) is 13.3. The van der Waals surface area contributed by atoms with Crippen LogP contribution in [0.15, 0.2) is 12.1 Å². The molecule has 0 spiro atoms. The third-order valence-electron chi connectivity index (χ3n) is 8.34. The number of nitrogens with one attached hydrogen (secondary N) is 2. The van der Waals surface area contributed by atoms with Crippen LogP contribution in [0.25, 0.3) is 0 Å². The molecule has 250 valence electrons. The van der Waals surface area contributed by atoms with Crippen LogP contribution in [0.4, 0.5) is 14.9 Å². The SMILES string of the molecule is CCc1cc(F)c(N(C(=O)[C@@H]2C[C@H](C(=O)NC3CCCCNC3=O)CN(C(=O)OC(C)(C)C)C2)C2CC2)cc1OCCCOC. The van der Waals surface area contributed by atoms with Crippen LogP contribution in [0.3, 0.4) is 0 Å². The molecule has 1 aromatic rings. The number of aryl methyl sites for hydroxylation is 1. The minimum atomic E-state index is -0.790. The van der Waals surface area contributed by atoms with Gasteiger partial charge in [-0.1, -0.05) is 6.92 Å². The molecule has 3 atom stereocenters. The Labute approximate surface area is 265 Å². The van der Waals surface area contributed by atoms with Crippen molar-refractivity contribution in [2.45, 2.75) is 96.7 Å².